The molecule has 0 bridgehead atoms. The minimum Gasteiger partial charge on any atom is -0.294 e. The molecular weight excluding hydrogens is 760 g/mol. The van der Waals surface area contributed by atoms with Gasteiger partial charge in [0, 0.05) is 54.4 Å². The summed E-state index contributed by atoms with van der Waals surface area (Å²) in [4.78, 5) is 9.91. The topological polar surface area (TPSA) is 9.72 Å². The van der Waals surface area contributed by atoms with Crippen molar-refractivity contribution in [3.63, 3.8) is 0 Å². The van der Waals surface area contributed by atoms with Gasteiger partial charge in [0.15, 0.2) is 0 Å². The highest BCUT2D eigenvalue weighted by Crippen LogP contribution is 2.55. The van der Waals surface area contributed by atoms with E-state index in [1.807, 2.05) is 0 Å². The zero-order valence-electron chi connectivity index (χ0n) is 39.1. The van der Waals surface area contributed by atoms with Crippen molar-refractivity contribution >= 4 is 0 Å². The Morgan fingerprint density at radius 3 is 0.951 bits per heavy atom. The summed E-state index contributed by atoms with van der Waals surface area (Å²) in [6.45, 7) is 0. The quantitative estimate of drug-likeness (QED) is 0.229. The molecule has 6 heteroatoms. The molecule has 1 heterocycles. The fourth-order valence-electron chi connectivity index (χ4n) is 18.5. The van der Waals surface area contributed by atoms with Gasteiger partial charge in [-0.1, -0.05) is 77.0 Å². The molecule has 0 aromatic carbocycles. The smallest absolute Gasteiger partial charge is 0.294 e. The van der Waals surface area contributed by atoms with Crippen LogP contribution in [0.25, 0.3) is 0 Å². The van der Waals surface area contributed by atoms with E-state index < -0.39 is 12.1 Å². The summed E-state index contributed by atoms with van der Waals surface area (Å²) in [5.74, 6) is 3.84. The van der Waals surface area contributed by atoms with Gasteiger partial charge < -0.3 is 0 Å². The van der Waals surface area contributed by atoms with E-state index >= 15 is 0 Å². The third kappa shape index (κ3) is 9.89. The van der Waals surface area contributed by atoms with Crippen LogP contribution in [-0.2, 0) is 0 Å². The number of hydrogen-bond acceptors (Lipinski definition) is 3. The summed E-state index contributed by atoms with van der Waals surface area (Å²) in [5.41, 5.74) is 0. The molecule has 348 valence electrons. The standard InChI is InChI=1S/C55H92F3N3/c56-55(57,58)43-29-25-41(26-30-43)39-21-23-40(24-22-39)42-27-31-48(32-28-42)61-53-35-33-49(59(44-13-5-1-6-14-44)45-15-7-2-8-16-45)37-51(53)52-38-50(34-36-54(52)61)60(46-17-9-3-10-18-46)47-19-11-4-12-20-47/h39-54H,1-38H2. The molecule has 1 saturated heterocycles. The molecule has 0 amide bonds. The summed E-state index contributed by atoms with van der Waals surface area (Å²) in [6, 6.07) is 7.65. The van der Waals surface area contributed by atoms with Crippen LogP contribution in [-0.4, -0.2) is 75.3 Å². The predicted octanol–water partition coefficient (Wildman–Crippen LogP) is 15.0. The Morgan fingerprint density at radius 1 is 0.311 bits per heavy atom. The predicted molar refractivity (Wildman–Crippen MR) is 246 cm³/mol. The van der Waals surface area contributed by atoms with E-state index in [1.165, 1.54) is 218 Å². The lowest BCUT2D eigenvalue weighted by Crippen LogP contribution is -2.55. The maximum absolute atomic E-state index is 13.4. The number of alkyl halides is 3. The molecule has 61 heavy (non-hydrogen) atoms. The van der Waals surface area contributed by atoms with E-state index in [-0.39, 0.29) is 0 Å². The third-order valence-corrected chi connectivity index (χ3v) is 21.4. The molecule has 9 saturated carbocycles. The molecule has 10 aliphatic rings. The summed E-state index contributed by atoms with van der Waals surface area (Å²) >= 11 is 0. The number of hydrogen-bond donors (Lipinski definition) is 0. The second-order valence-corrected chi connectivity index (χ2v) is 24.3. The number of fused-ring (bicyclic) bond motifs is 3. The second-order valence-electron chi connectivity index (χ2n) is 24.3. The number of likely N-dealkylation sites (tertiary alicyclic amines) is 1. The Hall–Kier alpha value is -0.330. The van der Waals surface area contributed by atoms with Gasteiger partial charge >= 0.3 is 6.18 Å². The average molecular weight is 852 g/mol. The van der Waals surface area contributed by atoms with Crippen LogP contribution in [0, 0.1) is 41.4 Å². The van der Waals surface area contributed by atoms with Crippen LogP contribution < -0.4 is 0 Å². The minimum atomic E-state index is -3.98. The first-order chi connectivity index (χ1) is 29.9. The molecule has 0 N–H and O–H groups in total. The van der Waals surface area contributed by atoms with Gasteiger partial charge in [0.05, 0.1) is 5.92 Å². The van der Waals surface area contributed by atoms with Crippen LogP contribution in [0.5, 0.6) is 0 Å². The Balaban J connectivity index is 0.831. The molecule has 3 nitrogen and oxygen atoms in total. The van der Waals surface area contributed by atoms with Crippen LogP contribution in [0.15, 0.2) is 0 Å². The Labute approximate surface area is 372 Å². The van der Waals surface area contributed by atoms with Gasteiger partial charge in [-0.3, -0.25) is 14.7 Å². The molecule has 0 aromatic heterocycles. The molecule has 1 aliphatic heterocycles. The van der Waals surface area contributed by atoms with Crippen LogP contribution >= 0.6 is 0 Å². The largest absolute Gasteiger partial charge is 0.391 e. The van der Waals surface area contributed by atoms with E-state index in [4.69, 9.17) is 0 Å². The number of rotatable bonds is 9. The van der Waals surface area contributed by atoms with Crippen LogP contribution in [0.3, 0.4) is 0 Å². The lowest BCUT2D eigenvalue weighted by Gasteiger charge is -2.51. The zero-order valence-corrected chi connectivity index (χ0v) is 39.1. The maximum atomic E-state index is 13.4. The van der Waals surface area contributed by atoms with Crippen LogP contribution in [0.4, 0.5) is 13.2 Å². The summed E-state index contributed by atoms with van der Waals surface area (Å²) in [5, 5.41) is 0. The first-order valence-corrected chi connectivity index (χ1v) is 28.3. The van der Waals surface area contributed by atoms with Gasteiger partial charge in [0.2, 0.25) is 0 Å². The van der Waals surface area contributed by atoms with E-state index in [1.54, 1.807) is 0 Å². The summed E-state index contributed by atoms with van der Waals surface area (Å²) in [6.07, 6.45) is 48.0. The molecule has 9 aliphatic carbocycles. The van der Waals surface area contributed by atoms with Crippen LogP contribution in [0.1, 0.15) is 244 Å². The van der Waals surface area contributed by atoms with Gasteiger partial charge in [-0.25, -0.2) is 0 Å². The molecule has 10 rings (SSSR count). The highest BCUT2D eigenvalue weighted by atomic mass is 19.4. The molecule has 10 fully saturated rings. The van der Waals surface area contributed by atoms with E-state index in [0.717, 1.165) is 90.9 Å². The summed E-state index contributed by atoms with van der Waals surface area (Å²) < 4.78 is 40.2. The van der Waals surface area contributed by atoms with Gasteiger partial charge in [-0.2, -0.15) is 13.2 Å². The lowest BCUT2D eigenvalue weighted by molar-refractivity contribution is -0.185. The normalized spacial score (nSPS) is 42.4. The van der Waals surface area contributed by atoms with Crippen molar-refractivity contribution in [2.45, 2.75) is 305 Å². The molecule has 6 unspecified atom stereocenters. The molecule has 0 spiro atoms. The number of nitrogens with zero attached hydrogens (tertiary/aromatic N) is 3. The maximum Gasteiger partial charge on any atom is 0.391 e. The molecule has 0 radical (unpaired) electrons. The van der Waals surface area contributed by atoms with Gasteiger partial charge in [0.25, 0.3) is 0 Å². The molecular formula is C55H92F3N3. The van der Waals surface area contributed by atoms with Crippen molar-refractivity contribution in [1.82, 2.24) is 14.7 Å². The van der Waals surface area contributed by atoms with Crippen molar-refractivity contribution in [3.05, 3.63) is 0 Å². The fourth-order valence-corrected chi connectivity index (χ4v) is 18.5. The monoisotopic (exact) mass is 852 g/mol. The first kappa shape index (κ1) is 44.5. The van der Waals surface area contributed by atoms with Crippen molar-refractivity contribution in [1.29, 1.82) is 0 Å². The van der Waals surface area contributed by atoms with Crippen molar-refractivity contribution in [2.75, 3.05) is 0 Å². The Bertz CT molecular complexity index is 1220. The van der Waals surface area contributed by atoms with Gasteiger partial charge in [-0.15, -0.1) is 0 Å². The SMILES string of the molecule is FC(F)(F)C1CCC(C2CCC(C3CCC(N4C5CCC(N(C6CCCCC6)C6CCCCC6)CC5C5CC(N(C6CCCCC6)C6CCCCC6)CCC54)CC3)CC2)CC1. The van der Waals surface area contributed by atoms with Crippen molar-refractivity contribution in [3.8, 4) is 0 Å². The molecule has 6 atom stereocenters. The van der Waals surface area contributed by atoms with E-state index in [2.05, 4.69) is 14.7 Å². The van der Waals surface area contributed by atoms with Crippen LogP contribution in [0.2, 0.25) is 0 Å². The average Bonchev–Trinajstić information content (AvgIpc) is 3.63. The van der Waals surface area contributed by atoms with Crippen molar-refractivity contribution < 1.29 is 13.2 Å². The highest BCUT2D eigenvalue weighted by Gasteiger charge is 2.57. The Morgan fingerprint density at radius 2 is 0.623 bits per heavy atom. The Kier molecular flexibility index (Phi) is 14.8. The fraction of sp³-hybridized carbons (Fsp3) is 1.00. The first-order valence-electron chi connectivity index (χ1n) is 28.3. The van der Waals surface area contributed by atoms with Crippen molar-refractivity contribution in [2.24, 2.45) is 41.4 Å². The van der Waals surface area contributed by atoms with Gasteiger partial charge in [0.1, 0.15) is 0 Å². The lowest BCUT2D eigenvalue weighted by atomic mass is 9.65. The highest BCUT2D eigenvalue weighted by molar-refractivity contribution is 5.10. The zero-order chi connectivity index (χ0) is 41.3. The number of halogens is 3. The molecule has 0 aromatic rings. The second kappa shape index (κ2) is 20.3. The minimum absolute atomic E-state index is 0.387. The summed E-state index contributed by atoms with van der Waals surface area (Å²) in [7, 11) is 0. The van der Waals surface area contributed by atoms with E-state index in [0.29, 0.717) is 24.7 Å². The third-order valence-electron chi connectivity index (χ3n) is 21.4. The van der Waals surface area contributed by atoms with Gasteiger partial charge in [-0.05, 0) is 202 Å². The van der Waals surface area contributed by atoms with E-state index in [9.17, 15) is 13.2 Å².